The quantitative estimate of drug-likeness (QED) is 0.113. The fourth-order valence-electron chi connectivity index (χ4n) is 2.56. The summed E-state index contributed by atoms with van der Waals surface area (Å²) < 4.78 is 14.7. The molecule has 3 aromatic rings. The van der Waals surface area contributed by atoms with Gasteiger partial charge >= 0.3 is 5.97 Å². The van der Waals surface area contributed by atoms with Crippen LogP contribution < -0.4 is 0 Å². The van der Waals surface area contributed by atoms with Gasteiger partial charge in [0.15, 0.2) is 5.71 Å². The third-order valence-corrected chi connectivity index (χ3v) is 5.06. The second-order valence-corrected chi connectivity index (χ2v) is 7.33. The molecule has 3 aromatic carbocycles. The van der Waals surface area contributed by atoms with E-state index in [1.807, 2.05) is 27.7 Å². The summed E-state index contributed by atoms with van der Waals surface area (Å²) in [5.41, 5.74) is 0.246. The van der Waals surface area contributed by atoms with E-state index in [2.05, 4.69) is 9.99 Å². The summed E-state index contributed by atoms with van der Waals surface area (Å²) >= 11 is 1.07. The van der Waals surface area contributed by atoms with E-state index in [0.29, 0.717) is 10.5 Å². The van der Waals surface area contributed by atoms with Crippen LogP contribution in [0.25, 0.3) is 0 Å². The number of halogens is 1. The Morgan fingerprint density at radius 3 is 2.03 bits per heavy atom. The fraction of sp³-hybridized carbons (Fsp3) is 0.192. The normalized spacial score (nSPS) is 10.2. The molecule has 9 heteroatoms. The van der Waals surface area contributed by atoms with E-state index in [1.165, 1.54) is 36.4 Å². The van der Waals surface area contributed by atoms with Crippen LogP contribution in [0.1, 0.15) is 50.5 Å². The molecule has 0 saturated heterocycles. The molecule has 0 spiro atoms. The monoisotopic (exact) mass is 498 g/mol. The van der Waals surface area contributed by atoms with Gasteiger partial charge in [-0.3, -0.25) is 14.9 Å². The van der Waals surface area contributed by atoms with Crippen LogP contribution in [-0.2, 0) is 9.63 Å². The molecule has 0 bridgehead atoms. The molecule has 35 heavy (non-hydrogen) atoms. The Kier molecular flexibility index (Phi) is 12.6. The summed E-state index contributed by atoms with van der Waals surface area (Å²) in [5.74, 6) is -1.95. The summed E-state index contributed by atoms with van der Waals surface area (Å²) in [7, 11) is 0. The molecule has 0 heterocycles. The van der Waals surface area contributed by atoms with E-state index in [-0.39, 0.29) is 21.9 Å². The van der Waals surface area contributed by atoms with Crippen molar-refractivity contribution < 1.29 is 23.7 Å². The molecule has 0 N–H and O–H groups in total. The van der Waals surface area contributed by atoms with Crippen molar-refractivity contribution in [3.63, 3.8) is 0 Å². The highest BCUT2D eigenvalue weighted by molar-refractivity contribution is 7.99. The first kappa shape index (κ1) is 29.2. The molecule has 0 aliphatic rings. The number of hydrogen-bond acceptors (Lipinski definition) is 7. The highest BCUT2D eigenvalue weighted by Gasteiger charge is 2.19. The SMILES string of the molecule is CC.CC.CC(=O)O/N=C(/C(=O)c1ccc(Sc2ccc([N+](=O)[O-])cc2)c(F)c1)c1ccccc1. The summed E-state index contributed by atoms with van der Waals surface area (Å²) in [6.45, 7) is 9.15. The Hall–Kier alpha value is -3.85. The number of carbonyl (C=O) groups excluding carboxylic acids is 2. The molecule has 0 aliphatic carbocycles. The van der Waals surface area contributed by atoms with E-state index in [9.17, 15) is 24.1 Å². The van der Waals surface area contributed by atoms with Crippen molar-refractivity contribution in [2.24, 2.45) is 5.16 Å². The van der Waals surface area contributed by atoms with Crippen LogP contribution in [0.4, 0.5) is 10.1 Å². The first-order valence-electron chi connectivity index (χ1n) is 10.9. The molecule has 7 nitrogen and oxygen atoms in total. The van der Waals surface area contributed by atoms with Gasteiger partial charge in [-0.25, -0.2) is 9.18 Å². The average Bonchev–Trinajstić information content (AvgIpc) is 2.88. The van der Waals surface area contributed by atoms with Gasteiger partial charge < -0.3 is 4.84 Å². The Bertz CT molecular complexity index is 1170. The zero-order valence-electron chi connectivity index (χ0n) is 20.2. The van der Waals surface area contributed by atoms with Crippen molar-refractivity contribution in [3.05, 3.63) is 99.9 Å². The number of benzene rings is 3. The van der Waals surface area contributed by atoms with Crippen molar-refractivity contribution in [2.45, 2.75) is 44.4 Å². The van der Waals surface area contributed by atoms with Crippen molar-refractivity contribution in [2.75, 3.05) is 0 Å². The largest absolute Gasteiger partial charge is 0.332 e. The van der Waals surface area contributed by atoms with E-state index in [0.717, 1.165) is 24.8 Å². The number of oxime groups is 1. The van der Waals surface area contributed by atoms with Crippen LogP contribution in [0.3, 0.4) is 0 Å². The minimum absolute atomic E-state index is 0.0281. The van der Waals surface area contributed by atoms with Crippen LogP contribution in [0.2, 0.25) is 0 Å². The number of carbonyl (C=O) groups is 2. The third-order valence-electron chi connectivity index (χ3n) is 4.00. The maximum absolute atomic E-state index is 14.7. The molecular weight excluding hydrogens is 471 g/mol. The second kappa shape index (κ2) is 15.1. The number of ketones is 1. The van der Waals surface area contributed by atoms with Crippen LogP contribution >= 0.6 is 11.8 Å². The molecule has 0 amide bonds. The van der Waals surface area contributed by atoms with E-state index in [4.69, 9.17) is 0 Å². The lowest BCUT2D eigenvalue weighted by Gasteiger charge is -2.08. The van der Waals surface area contributed by atoms with Gasteiger partial charge in [0.1, 0.15) is 5.82 Å². The highest BCUT2D eigenvalue weighted by atomic mass is 32.2. The molecule has 0 atom stereocenters. The molecule has 0 unspecified atom stereocenters. The third kappa shape index (κ3) is 8.78. The van der Waals surface area contributed by atoms with Gasteiger partial charge in [-0.2, -0.15) is 0 Å². The first-order chi connectivity index (χ1) is 16.8. The molecular formula is C26H27FN2O5S. The maximum atomic E-state index is 14.7. The van der Waals surface area contributed by atoms with E-state index in [1.54, 1.807) is 30.3 Å². The predicted molar refractivity (Wildman–Crippen MR) is 135 cm³/mol. The average molecular weight is 499 g/mol. The Balaban J connectivity index is 0.00000145. The lowest BCUT2D eigenvalue weighted by Crippen LogP contribution is -2.17. The predicted octanol–water partition coefficient (Wildman–Crippen LogP) is 7.09. The first-order valence-corrected chi connectivity index (χ1v) is 11.7. The Morgan fingerprint density at radius 1 is 0.914 bits per heavy atom. The standard InChI is InChI=1S/C22H15FN2O5S.2C2H6/c1-14(26)30-24-21(15-5-3-2-4-6-15)22(27)16-7-12-20(19(23)13-16)31-18-10-8-17(9-11-18)25(28)29;2*1-2/h2-13H,1H3;2*1-2H3/b24-21+;;. The smallest absolute Gasteiger partial charge is 0.318 e. The number of rotatable bonds is 7. The van der Waals surface area contributed by atoms with Crippen LogP contribution in [0, 0.1) is 15.9 Å². The van der Waals surface area contributed by atoms with Crippen LogP contribution in [0.5, 0.6) is 0 Å². The van der Waals surface area contributed by atoms with Gasteiger partial charge in [-0.05, 0) is 30.3 Å². The number of Topliss-reactive ketones (excluding diaryl/α,β-unsaturated/α-hetero) is 1. The number of non-ortho nitro benzene ring substituents is 1. The molecule has 184 valence electrons. The molecule has 0 radical (unpaired) electrons. The molecule has 0 fully saturated rings. The molecule has 3 rings (SSSR count). The molecule has 0 aromatic heterocycles. The maximum Gasteiger partial charge on any atom is 0.332 e. The minimum Gasteiger partial charge on any atom is -0.318 e. The number of hydrogen-bond donors (Lipinski definition) is 0. The van der Waals surface area contributed by atoms with Gasteiger partial charge in [0, 0.05) is 40.0 Å². The second-order valence-electron chi connectivity index (χ2n) is 6.22. The molecule has 0 saturated carbocycles. The van der Waals surface area contributed by atoms with Crippen molar-refractivity contribution in [1.29, 1.82) is 0 Å². The van der Waals surface area contributed by atoms with Gasteiger partial charge in [-0.1, -0.05) is 74.9 Å². The zero-order valence-corrected chi connectivity index (χ0v) is 21.0. The Morgan fingerprint density at radius 2 is 1.51 bits per heavy atom. The van der Waals surface area contributed by atoms with Gasteiger partial charge in [0.05, 0.1) is 4.92 Å². The summed E-state index contributed by atoms with van der Waals surface area (Å²) in [5, 5.41) is 14.4. The Labute approximate surface area is 208 Å². The number of nitrogens with zero attached hydrogens (tertiary/aromatic N) is 2. The van der Waals surface area contributed by atoms with Crippen molar-refractivity contribution in [3.8, 4) is 0 Å². The summed E-state index contributed by atoms with van der Waals surface area (Å²) in [6.07, 6.45) is 0. The number of nitro benzene ring substituents is 1. The van der Waals surface area contributed by atoms with E-state index >= 15 is 0 Å². The summed E-state index contributed by atoms with van der Waals surface area (Å²) in [4.78, 5) is 39.8. The highest BCUT2D eigenvalue weighted by Crippen LogP contribution is 2.31. The van der Waals surface area contributed by atoms with Crippen LogP contribution in [0.15, 0.2) is 87.7 Å². The topological polar surface area (TPSA) is 98.9 Å². The van der Waals surface area contributed by atoms with Gasteiger partial charge in [-0.15, -0.1) is 0 Å². The van der Waals surface area contributed by atoms with Crippen molar-refractivity contribution >= 4 is 34.9 Å². The minimum atomic E-state index is -0.692. The van der Waals surface area contributed by atoms with Crippen LogP contribution in [-0.4, -0.2) is 22.4 Å². The lowest BCUT2D eigenvalue weighted by atomic mass is 10.0. The van der Waals surface area contributed by atoms with Crippen molar-refractivity contribution in [1.82, 2.24) is 0 Å². The van der Waals surface area contributed by atoms with E-state index < -0.39 is 22.5 Å². The van der Waals surface area contributed by atoms with Gasteiger partial charge in [0.2, 0.25) is 5.78 Å². The molecule has 0 aliphatic heterocycles. The zero-order chi connectivity index (χ0) is 26.4. The fourth-order valence-corrected chi connectivity index (χ4v) is 3.37. The summed E-state index contributed by atoms with van der Waals surface area (Å²) in [6, 6.07) is 18.0. The lowest BCUT2D eigenvalue weighted by molar-refractivity contribution is -0.384. The van der Waals surface area contributed by atoms with Gasteiger partial charge in [0.25, 0.3) is 5.69 Å². The number of nitro groups is 1.